The Labute approximate surface area is 127 Å². The Morgan fingerprint density at radius 2 is 1.87 bits per heavy atom. The molecule has 0 spiro atoms. The quantitative estimate of drug-likeness (QED) is 0.858. The van der Waals surface area contributed by atoms with Gasteiger partial charge in [-0.1, -0.05) is 0 Å². The lowest BCUT2D eigenvalue weighted by Gasteiger charge is -2.30. The van der Waals surface area contributed by atoms with Gasteiger partial charge in [-0.15, -0.1) is 0 Å². The molecule has 0 aliphatic rings. The lowest BCUT2D eigenvalue weighted by molar-refractivity contribution is -0.137. The molecule has 4 nitrogen and oxygen atoms in total. The monoisotopic (exact) mass is 339 g/mol. The Bertz CT molecular complexity index is 632. The standard InChI is InChI=1S/C13H11F6N3O/c1-7(11(21)23)22(6-12(14,15)16)9-3-2-8(5-20)10(4-9)13(17,18)19/h2-4,7H,6H2,1H3,(H2,21,23). The number of anilines is 1. The Morgan fingerprint density at radius 1 is 1.30 bits per heavy atom. The number of halogens is 6. The van der Waals surface area contributed by atoms with Crippen LogP contribution in [0.3, 0.4) is 0 Å². The summed E-state index contributed by atoms with van der Waals surface area (Å²) in [5.74, 6) is -1.13. The second-order valence-corrected chi connectivity index (χ2v) is 4.66. The van der Waals surface area contributed by atoms with Gasteiger partial charge in [0, 0.05) is 5.69 Å². The van der Waals surface area contributed by atoms with Crippen LogP contribution in [0.25, 0.3) is 0 Å². The van der Waals surface area contributed by atoms with Crippen molar-refractivity contribution in [3.63, 3.8) is 0 Å². The minimum Gasteiger partial charge on any atom is -0.368 e. The van der Waals surface area contributed by atoms with Crippen LogP contribution < -0.4 is 10.6 Å². The highest BCUT2D eigenvalue weighted by Crippen LogP contribution is 2.35. The minimum atomic E-state index is -4.93. The summed E-state index contributed by atoms with van der Waals surface area (Å²) >= 11 is 0. The molecule has 10 heteroatoms. The van der Waals surface area contributed by atoms with Gasteiger partial charge >= 0.3 is 12.4 Å². The maximum absolute atomic E-state index is 12.9. The second kappa shape index (κ2) is 6.36. The molecule has 1 atom stereocenters. The molecule has 1 rings (SSSR count). The number of nitrogens with two attached hydrogens (primary N) is 1. The van der Waals surface area contributed by atoms with Crippen LogP contribution in [-0.4, -0.2) is 24.7 Å². The van der Waals surface area contributed by atoms with E-state index in [-0.39, 0.29) is 0 Å². The molecule has 0 aromatic heterocycles. The van der Waals surface area contributed by atoms with Gasteiger partial charge in [-0.05, 0) is 25.1 Å². The third kappa shape index (κ3) is 4.77. The molecule has 1 unspecified atom stereocenters. The van der Waals surface area contributed by atoms with Crippen LogP contribution in [0.4, 0.5) is 32.0 Å². The maximum Gasteiger partial charge on any atom is 0.417 e. The topological polar surface area (TPSA) is 70.1 Å². The van der Waals surface area contributed by atoms with Gasteiger partial charge in [0.15, 0.2) is 0 Å². The van der Waals surface area contributed by atoms with E-state index in [9.17, 15) is 31.1 Å². The molecule has 0 aliphatic heterocycles. The van der Waals surface area contributed by atoms with Crippen LogP contribution in [0.1, 0.15) is 18.1 Å². The molecule has 1 aromatic rings. The maximum atomic E-state index is 12.9. The van der Waals surface area contributed by atoms with E-state index in [0.29, 0.717) is 11.0 Å². The van der Waals surface area contributed by atoms with E-state index in [4.69, 9.17) is 11.0 Å². The van der Waals surface area contributed by atoms with Gasteiger partial charge in [0.05, 0.1) is 17.2 Å². The number of hydrogen-bond donors (Lipinski definition) is 1. The van der Waals surface area contributed by atoms with Gasteiger partial charge in [-0.2, -0.15) is 31.6 Å². The van der Waals surface area contributed by atoms with Crippen molar-refractivity contribution in [2.75, 3.05) is 11.4 Å². The fourth-order valence-corrected chi connectivity index (χ4v) is 1.84. The van der Waals surface area contributed by atoms with Crippen LogP contribution in [0.5, 0.6) is 0 Å². The van der Waals surface area contributed by atoms with Gasteiger partial charge in [-0.3, -0.25) is 4.79 Å². The number of benzene rings is 1. The fourth-order valence-electron chi connectivity index (χ4n) is 1.84. The van der Waals surface area contributed by atoms with Crippen molar-refractivity contribution in [2.45, 2.75) is 25.3 Å². The molecule has 0 bridgehead atoms. The van der Waals surface area contributed by atoms with Crippen molar-refractivity contribution in [2.24, 2.45) is 5.73 Å². The smallest absolute Gasteiger partial charge is 0.368 e. The van der Waals surface area contributed by atoms with E-state index in [0.717, 1.165) is 19.1 Å². The Hall–Kier alpha value is -2.44. The number of hydrogen-bond acceptors (Lipinski definition) is 3. The van der Waals surface area contributed by atoms with Crippen LogP contribution >= 0.6 is 0 Å². The number of alkyl halides is 6. The third-order valence-corrected chi connectivity index (χ3v) is 2.99. The fraction of sp³-hybridized carbons (Fsp3) is 0.385. The molecule has 0 heterocycles. The van der Waals surface area contributed by atoms with Crippen molar-refractivity contribution in [3.05, 3.63) is 29.3 Å². The summed E-state index contributed by atoms with van der Waals surface area (Å²) in [7, 11) is 0. The molecule has 0 fully saturated rings. The van der Waals surface area contributed by atoms with E-state index in [1.165, 1.54) is 6.07 Å². The van der Waals surface area contributed by atoms with E-state index < -0.39 is 47.7 Å². The van der Waals surface area contributed by atoms with E-state index >= 15 is 0 Å². The van der Waals surface area contributed by atoms with Crippen LogP contribution in [0.15, 0.2) is 18.2 Å². The minimum absolute atomic E-state index is 0.393. The van der Waals surface area contributed by atoms with E-state index in [1.54, 1.807) is 0 Å². The summed E-state index contributed by atoms with van der Waals surface area (Å²) in [5.41, 5.74) is 2.31. The first kappa shape index (κ1) is 18.6. The number of amides is 1. The van der Waals surface area contributed by atoms with Crippen molar-refractivity contribution < 1.29 is 31.1 Å². The summed E-state index contributed by atoms with van der Waals surface area (Å²) in [5, 5.41) is 8.68. The highest BCUT2D eigenvalue weighted by molar-refractivity contribution is 5.83. The molecule has 0 radical (unpaired) electrons. The third-order valence-electron chi connectivity index (χ3n) is 2.99. The average Bonchev–Trinajstić information content (AvgIpc) is 2.41. The predicted octanol–water partition coefficient (Wildman–Crippen LogP) is 2.82. The van der Waals surface area contributed by atoms with E-state index in [1.807, 2.05) is 0 Å². The molecule has 2 N–H and O–H groups in total. The lowest BCUT2D eigenvalue weighted by Crippen LogP contribution is -2.47. The number of carbonyl (C=O) groups excluding carboxylic acids is 1. The van der Waals surface area contributed by atoms with Crippen molar-refractivity contribution >= 4 is 11.6 Å². The molecule has 1 aromatic carbocycles. The predicted molar refractivity (Wildman–Crippen MR) is 68.2 cm³/mol. The van der Waals surface area contributed by atoms with E-state index in [2.05, 4.69) is 0 Å². The number of primary amides is 1. The Morgan fingerprint density at radius 3 is 2.26 bits per heavy atom. The Kier molecular flexibility index (Phi) is 5.14. The van der Waals surface area contributed by atoms with Crippen molar-refractivity contribution in [1.29, 1.82) is 5.26 Å². The SMILES string of the molecule is CC(C(N)=O)N(CC(F)(F)F)c1ccc(C#N)c(C(F)(F)F)c1. The first-order valence-corrected chi connectivity index (χ1v) is 6.11. The van der Waals surface area contributed by atoms with Crippen LogP contribution in [0.2, 0.25) is 0 Å². The van der Waals surface area contributed by atoms with Crippen LogP contribution in [-0.2, 0) is 11.0 Å². The Balaban J connectivity index is 3.43. The van der Waals surface area contributed by atoms with Gasteiger partial charge in [0.2, 0.25) is 5.91 Å². The first-order chi connectivity index (χ1) is 10.4. The molecule has 23 heavy (non-hydrogen) atoms. The second-order valence-electron chi connectivity index (χ2n) is 4.66. The van der Waals surface area contributed by atoms with Crippen molar-refractivity contribution in [3.8, 4) is 6.07 Å². The molecular formula is C13H11F6N3O. The van der Waals surface area contributed by atoms with Crippen LogP contribution in [0, 0.1) is 11.3 Å². The molecule has 126 valence electrons. The zero-order valence-corrected chi connectivity index (χ0v) is 11.7. The summed E-state index contributed by atoms with van der Waals surface area (Å²) in [4.78, 5) is 11.5. The molecule has 0 saturated heterocycles. The number of nitriles is 1. The number of rotatable bonds is 4. The summed E-state index contributed by atoms with van der Waals surface area (Å²) in [6.07, 6.45) is -9.70. The zero-order chi connectivity index (χ0) is 18.0. The number of nitrogens with zero attached hydrogens (tertiary/aromatic N) is 2. The van der Waals surface area contributed by atoms with Gasteiger partial charge in [0.25, 0.3) is 0 Å². The highest BCUT2D eigenvalue weighted by atomic mass is 19.4. The highest BCUT2D eigenvalue weighted by Gasteiger charge is 2.37. The normalized spacial score (nSPS) is 13.3. The number of carbonyl (C=O) groups is 1. The van der Waals surface area contributed by atoms with Crippen molar-refractivity contribution in [1.82, 2.24) is 0 Å². The average molecular weight is 339 g/mol. The summed E-state index contributed by atoms with van der Waals surface area (Å²) in [6, 6.07) is 1.86. The van der Waals surface area contributed by atoms with Gasteiger partial charge in [0.1, 0.15) is 12.6 Å². The summed E-state index contributed by atoms with van der Waals surface area (Å²) < 4.78 is 76.6. The zero-order valence-electron chi connectivity index (χ0n) is 11.7. The first-order valence-electron chi connectivity index (χ1n) is 6.11. The molecular weight excluding hydrogens is 328 g/mol. The largest absolute Gasteiger partial charge is 0.417 e. The molecule has 0 saturated carbocycles. The molecule has 1 amide bonds. The summed E-state index contributed by atoms with van der Waals surface area (Å²) in [6.45, 7) is -0.625. The van der Waals surface area contributed by atoms with Gasteiger partial charge in [-0.25, -0.2) is 0 Å². The van der Waals surface area contributed by atoms with Gasteiger partial charge < -0.3 is 10.6 Å². The molecule has 0 aliphatic carbocycles. The lowest BCUT2D eigenvalue weighted by atomic mass is 10.1.